The minimum atomic E-state index is 0.371. The Balaban J connectivity index is 1.79. The Morgan fingerprint density at radius 2 is 2.05 bits per heavy atom. The van der Waals surface area contributed by atoms with Crippen molar-refractivity contribution < 1.29 is 4.79 Å². The highest BCUT2D eigenvalue weighted by atomic mass is 16.2. The van der Waals surface area contributed by atoms with E-state index in [2.05, 4.69) is 37.8 Å². The molecule has 1 amide bonds. The van der Waals surface area contributed by atoms with Crippen LogP contribution in [0, 0.1) is 17.3 Å². The SMILES string of the molecule is CCC=CCCC1CC1(C)CN(CCCC)C(=O)C1CC1. The number of unbranched alkanes of at least 4 members (excludes halogenated alkanes) is 1. The average Bonchev–Trinajstić information content (AvgIpc) is 3.37. The van der Waals surface area contributed by atoms with Crippen molar-refractivity contribution in [3.05, 3.63) is 12.2 Å². The van der Waals surface area contributed by atoms with Crippen molar-refractivity contribution in [2.24, 2.45) is 17.3 Å². The number of hydrogen-bond acceptors (Lipinski definition) is 1. The molecule has 0 aromatic rings. The van der Waals surface area contributed by atoms with E-state index in [9.17, 15) is 4.79 Å². The predicted molar refractivity (Wildman–Crippen MR) is 89.1 cm³/mol. The van der Waals surface area contributed by atoms with Gasteiger partial charge < -0.3 is 4.90 Å². The van der Waals surface area contributed by atoms with Crippen LogP contribution in [0.5, 0.6) is 0 Å². The molecule has 2 aliphatic carbocycles. The molecule has 21 heavy (non-hydrogen) atoms. The summed E-state index contributed by atoms with van der Waals surface area (Å²) in [5, 5.41) is 0. The Morgan fingerprint density at radius 1 is 1.29 bits per heavy atom. The summed E-state index contributed by atoms with van der Waals surface area (Å²) in [6.45, 7) is 8.77. The molecule has 0 spiro atoms. The van der Waals surface area contributed by atoms with Crippen LogP contribution in [0.2, 0.25) is 0 Å². The largest absolute Gasteiger partial charge is 0.342 e. The average molecular weight is 291 g/mol. The molecule has 2 unspecified atom stereocenters. The quantitative estimate of drug-likeness (QED) is 0.530. The smallest absolute Gasteiger partial charge is 0.225 e. The molecule has 2 aliphatic rings. The third-order valence-corrected chi connectivity index (χ3v) is 5.19. The molecule has 2 heteroatoms. The highest BCUT2D eigenvalue weighted by molar-refractivity contribution is 5.81. The standard InChI is InChI=1S/C19H33NO/c1-4-6-8-9-10-17-14-19(17,3)15-20(13-7-5-2)18(21)16-11-12-16/h6,8,16-17H,4-5,7,9-15H2,1-3H3. The topological polar surface area (TPSA) is 20.3 Å². The number of carbonyl (C=O) groups excluding carboxylic acids is 1. The number of carbonyl (C=O) groups is 1. The van der Waals surface area contributed by atoms with Crippen LogP contribution < -0.4 is 0 Å². The lowest BCUT2D eigenvalue weighted by Crippen LogP contribution is -2.37. The lowest BCUT2D eigenvalue weighted by Gasteiger charge is -2.27. The van der Waals surface area contributed by atoms with Crippen molar-refractivity contribution >= 4 is 5.91 Å². The predicted octanol–water partition coefficient (Wildman–Crippen LogP) is 4.80. The summed E-state index contributed by atoms with van der Waals surface area (Å²) >= 11 is 0. The zero-order chi connectivity index (χ0) is 15.3. The second kappa shape index (κ2) is 7.47. The van der Waals surface area contributed by atoms with E-state index in [0.717, 1.165) is 44.7 Å². The zero-order valence-corrected chi connectivity index (χ0v) is 14.2. The molecular weight excluding hydrogens is 258 g/mol. The van der Waals surface area contributed by atoms with Crippen LogP contribution in [0.4, 0.5) is 0 Å². The van der Waals surface area contributed by atoms with Crippen LogP contribution in [0.3, 0.4) is 0 Å². The Morgan fingerprint density at radius 3 is 2.67 bits per heavy atom. The Labute approximate surface area is 131 Å². The molecule has 0 aliphatic heterocycles. The van der Waals surface area contributed by atoms with E-state index in [1.54, 1.807) is 0 Å². The maximum atomic E-state index is 12.4. The van der Waals surface area contributed by atoms with Gasteiger partial charge in [-0.3, -0.25) is 4.79 Å². The van der Waals surface area contributed by atoms with Crippen LogP contribution in [0.1, 0.15) is 72.1 Å². The second-order valence-electron chi connectivity index (χ2n) is 7.40. The minimum absolute atomic E-state index is 0.371. The summed E-state index contributed by atoms with van der Waals surface area (Å²) in [6.07, 6.45) is 14.1. The van der Waals surface area contributed by atoms with Gasteiger partial charge in [-0.25, -0.2) is 0 Å². The Bertz CT molecular complexity index is 372. The normalized spacial score (nSPS) is 28.0. The first-order valence-electron chi connectivity index (χ1n) is 9.04. The van der Waals surface area contributed by atoms with E-state index >= 15 is 0 Å². The molecule has 0 bridgehead atoms. The van der Waals surface area contributed by atoms with Gasteiger partial charge in [-0.2, -0.15) is 0 Å². The first-order chi connectivity index (χ1) is 10.1. The van der Waals surface area contributed by atoms with Crippen LogP contribution in [-0.2, 0) is 4.79 Å². The van der Waals surface area contributed by atoms with E-state index in [-0.39, 0.29) is 0 Å². The maximum Gasteiger partial charge on any atom is 0.225 e. The molecule has 0 saturated heterocycles. The molecule has 2 atom stereocenters. The highest BCUT2D eigenvalue weighted by Crippen LogP contribution is 2.55. The van der Waals surface area contributed by atoms with Gasteiger partial charge >= 0.3 is 0 Å². The molecule has 0 heterocycles. The van der Waals surface area contributed by atoms with E-state index < -0.39 is 0 Å². The van der Waals surface area contributed by atoms with Gasteiger partial charge in [0.2, 0.25) is 5.91 Å². The summed E-state index contributed by atoms with van der Waals surface area (Å²) in [5.41, 5.74) is 0.401. The van der Waals surface area contributed by atoms with Crippen molar-refractivity contribution in [3.63, 3.8) is 0 Å². The molecule has 2 nitrogen and oxygen atoms in total. The number of amides is 1. The molecule has 0 radical (unpaired) electrons. The second-order valence-corrected chi connectivity index (χ2v) is 7.40. The molecule has 0 N–H and O–H groups in total. The van der Waals surface area contributed by atoms with Gasteiger partial charge in [-0.1, -0.05) is 39.3 Å². The first-order valence-corrected chi connectivity index (χ1v) is 9.04. The monoisotopic (exact) mass is 291 g/mol. The van der Waals surface area contributed by atoms with Crippen molar-refractivity contribution in [1.29, 1.82) is 0 Å². The molecule has 120 valence electrons. The van der Waals surface area contributed by atoms with Gasteiger partial charge in [0, 0.05) is 19.0 Å². The van der Waals surface area contributed by atoms with E-state index in [0.29, 0.717) is 17.2 Å². The summed E-state index contributed by atoms with van der Waals surface area (Å²) < 4.78 is 0. The lowest BCUT2D eigenvalue weighted by atomic mass is 10.0. The van der Waals surface area contributed by atoms with Crippen molar-refractivity contribution in [2.45, 2.75) is 72.1 Å². The Hall–Kier alpha value is -0.790. The number of rotatable bonds is 10. The van der Waals surface area contributed by atoms with E-state index in [1.165, 1.54) is 25.7 Å². The van der Waals surface area contributed by atoms with Gasteiger partial charge in [0.1, 0.15) is 0 Å². The third-order valence-electron chi connectivity index (χ3n) is 5.19. The number of nitrogens with zero attached hydrogens (tertiary/aromatic N) is 1. The fourth-order valence-corrected chi connectivity index (χ4v) is 3.37. The van der Waals surface area contributed by atoms with Crippen molar-refractivity contribution in [1.82, 2.24) is 4.90 Å². The molecule has 2 saturated carbocycles. The van der Waals surface area contributed by atoms with Gasteiger partial charge in [0.05, 0.1) is 0 Å². The van der Waals surface area contributed by atoms with Crippen LogP contribution >= 0.6 is 0 Å². The van der Waals surface area contributed by atoms with Crippen LogP contribution in [0.15, 0.2) is 12.2 Å². The fraction of sp³-hybridized carbons (Fsp3) is 0.842. The Kier molecular flexibility index (Phi) is 5.89. The zero-order valence-electron chi connectivity index (χ0n) is 14.2. The van der Waals surface area contributed by atoms with Crippen LogP contribution in [-0.4, -0.2) is 23.9 Å². The summed E-state index contributed by atoms with van der Waals surface area (Å²) in [5.74, 6) is 1.64. The van der Waals surface area contributed by atoms with Crippen LogP contribution in [0.25, 0.3) is 0 Å². The number of hydrogen-bond donors (Lipinski definition) is 0. The van der Waals surface area contributed by atoms with Gasteiger partial charge in [-0.15, -0.1) is 0 Å². The fourth-order valence-electron chi connectivity index (χ4n) is 3.37. The van der Waals surface area contributed by atoms with Crippen molar-refractivity contribution in [2.75, 3.05) is 13.1 Å². The molecule has 0 aromatic heterocycles. The summed E-state index contributed by atoms with van der Waals surface area (Å²) in [7, 11) is 0. The van der Waals surface area contributed by atoms with E-state index in [1.807, 2.05) is 0 Å². The maximum absolute atomic E-state index is 12.4. The minimum Gasteiger partial charge on any atom is -0.342 e. The third kappa shape index (κ3) is 4.86. The van der Waals surface area contributed by atoms with Gasteiger partial charge in [0.25, 0.3) is 0 Å². The number of allylic oxidation sites excluding steroid dienone is 2. The van der Waals surface area contributed by atoms with Gasteiger partial charge in [-0.05, 0) is 56.3 Å². The molecule has 2 fully saturated rings. The van der Waals surface area contributed by atoms with E-state index in [4.69, 9.17) is 0 Å². The molecule has 2 rings (SSSR count). The molecule has 0 aromatic carbocycles. The first kappa shape index (κ1) is 16.6. The molecular formula is C19H33NO. The lowest BCUT2D eigenvalue weighted by molar-refractivity contribution is -0.133. The van der Waals surface area contributed by atoms with Crippen molar-refractivity contribution in [3.8, 4) is 0 Å². The summed E-state index contributed by atoms with van der Waals surface area (Å²) in [6, 6.07) is 0. The highest BCUT2D eigenvalue weighted by Gasteiger charge is 2.51. The summed E-state index contributed by atoms with van der Waals surface area (Å²) in [4.78, 5) is 14.6. The van der Waals surface area contributed by atoms with Gasteiger partial charge in [0.15, 0.2) is 0 Å².